The van der Waals surface area contributed by atoms with Crippen LogP contribution in [0.25, 0.3) is 16.7 Å². The Hall–Kier alpha value is -3.32. The summed E-state index contributed by atoms with van der Waals surface area (Å²) in [5.74, 6) is 0.309. The summed E-state index contributed by atoms with van der Waals surface area (Å²) in [5.41, 5.74) is 3.34. The van der Waals surface area contributed by atoms with Gasteiger partial charge in [0.15, 0.2) is 18.1 Å². The van der Waals surface area contributed by atoms with Gasteiger partial charge in [0.25, 0.3) is 0 Å². The van der Waals surface area contributed by atoms with E-state index in [2.05, 4.69) is 9.97 Å². The van der Waals surface area contributed by atoms with Crippen LogP contribution in [0.4, 0.5) is 0 Å². The largest absolute Gasteiger partial charge is 0.394 e. The summed E-state index contributed by atoms with van der Waals surface area (Å²) in [7, 11) is 0. The van der Waals surface area contributed by atoms with Crippen molar-refractivity contribution in [2.75, 3.05) is 6.61 Å². The molecule has 0 radical (unpaired) electrons. The first-order valence-corrected chi connectivity index (χ1v) is 10.7. The Balaban J connectivity index is 1.34. The van der Waals surface area contributed by atoms with E-state index in [1.54, 1.807) is 31.0 Å². The van der Waals surface area contributed by atoms with E-state index in [-0.39, 0.29) is 0 Å². The van der Waals surface area contributed by atoms with Crippen molar-refractivity contribution < 1.29 is 34.9 Å². The zero-order valence-electron chi connectivity index (χ0n) is 18.0. The van der Waals surface area contributed by atoms with E-state index in [4.69, 9.17) is 14.5 Å². The van der Waals surface area contributed by atoms with Crippen LogP contribution in [0.5, 0.6) is 5.75 Å². The number of hydrogen-bond acceptors (Lipinski definition) is 9. The number of nitrogens with zero attached hydrogens (tertiary/aromatic N) is 4. The Morgan fingerprint density at radius 3 is 2.56 bits per heavy atom. The van der Waals surface area contributed by atoms with E-state index in [1.165, 1.54) is 0 Å². The minimum atomic E-state index is -1.60. The minimum absolute atomic E-state index is 0.309. The number of aromatic nitrogens is 4. The average Bonchev–Trinajstić information content (AvgIpc) is 3.53. The molecule has 1 fully saturated rings. The topological polar surface area (TPSA) is 144 Å². The zero-order chi connectivity index (χ0) is 23.7. The van der Waals surface area contributed by atoms with Crippen LogP contribution in [0.1, 0.15) is 5.56 Å². The summed E-state index contributed by atoms with van der Waals surface area (Å²) >= 11 is 0. The highest BCUT2D eigenvalue weighted by atomic mass is 17.2. The van der Waals surface area contributed by atoms with Gasteiger partial charge in [0.2, 0.25) is 0 Å². The highest BCUT2D eigenvalue weighted by molar-refractivity contribution is 5.82. The minimum Gasteiger partial charge on any atom is -0.394 e. The van der Waals surface area contributed by atoms with Crippen LogP contribution in [-0.4, -0.2) is 76.8 Å². The van der Waals surface area contributed by atoms with Gasteiger partial charge in [0.1, 0.15) is 23.8 Å². The van der Waals surface area contributed by atoms with Crippen LogP contribution in [0.3, 0.4) is 0 Å². The molecular weight excluding hydrogens is 444 g/mol. The van der Waals surface area contributed by atoms with Crippen LogP contribution < -0.4 is 4.89 Å². The second-order valence-electron chi connectivity index (χ2n) is 8.01. The SMILES string of the molecule is OC[C@H]1OC(O)[C@H](OOc2cccc3ncn(Cc4ccc(-n5ccnc5)cc4)c23)[C@@H](O)[C@@H]1O. The molecule has 0 amide bonds. The third-order valence-electron chi connectivity index (χ3n) is 5.78. The maximum absolute atomic E-state index is 10.3. The molecule has 0 saturated carbocycles. The van der Waals surface area contributed by atoms with Gasteiger partial charge < -0.3 is 39.2 Å². The molecule has 34 heavy (non-hydrogen) atoms. The molecule has 0 spiro atoms. The lowest BCUT2D eigenvalue weighted by atomic mass is 9.99. The van der Waals surface area contributed by atoms with Gasteiger partial charge in [-0.15, -0.1) is 0 Å². The van der Waals surface area contributed by atoms with Gasteiger partial charge in [-0.3, -0.25) is 0 Å². The number of benzene rings is 2. The average molecular weight is 468 g/mol. The number of aliphatic hydroxyl groups is 4. The molecule has 5 atom stereocenters. The third-order valence-corrected chi connectivity index (χ3v) is 5.78. The number of aliphatic hydroxyl groups excluding tert-OH is 4. The van der Waals surface area contributed by atoms with Gasteiger partial charge >= 0.3 is 0 Å². The van der Waals surface area contributed by atoms with Crippen molar-refractivity contribution >= 4 is 11.0 Å². The molecule has 1 saturated heterocycles. The molecule has 4 aromatic rings. The van der Waals surface area contributed by atoms with Gasteiger partial charge in [-0.2, -0.15) is 4.89 Å². The maximum atomic E-state index is 10.3. The Morgan fingerprint density at radius 1 is 1.00 bits per heavy atom. The summed E-state index contributed by atoms with van der Waals surface area (Å²) in [4.78, 5) is 19.2. The van der Waals surface area contributed by atoms with Crippen molar-refractivity contribution in [3.63, 3.8) is 0 Å². The van der Waals surface area contributed by atoms with Crippen molar-refractivity contribution in [3.05, 3.63) is 73.1 Å². The number of rotatable bonds is 7. The van der Waals surface area contributed by atoms with Crippen LogP contribution in [0, 0.1) is 0 Å². The van der Waals surface area contributed by atoms with E-state index in [0.29, 0.717) is 23.3 Å². The molecule has 3 heterocycles. The van der Waals surface area contributed by atoms with Crippen molar-refractivity contribution in [2.24, 2.45) is 0 Å². The van der Waals surface area contributed by atoms with Gasteiger partial charge in [-0.25, -0.2) is 9.97 Å². The monoisotopic (exact) mass is 468 g/mol. The van der Waals surface area contributed by atoms with Crippen molar-refractivity contribution in [1.82, 2.24) is 19.1 Å². The number of ether oxygens (including phenoxy) is 1. The van der Waals surface area contributed by atoms with Crippen molar-refractivity contribution in [2.45, 2.75) is 37.3 Å². The predicted octanol–water partition coefficient (Wildman–Crippen LogP) is 0.381. The number of hydrogen-bond donors (Lipinski definition) is 4. The molecule has 1 unspecified atom stereocenters. The quantitative estimate of drug-likeness (QED) is 0.223. The van der Waals surface area contributed by atoms with E-state index in [0.717, 1.165) is 11.3 Å². The second-order valence-corrected chi connectivity index (χ2v) is 8.01. The van der Waals surface area contributed by atoms with Gasteiger partial charge in [-0.05, 0) is 29.8 Å². The number of imidazole rings is 2. The number of fused-ring (bicyclic) bond motifs is 1. The smallest absolute Gasteiger partial charge is 0.191 e. The molecule has 2 aromatic heterocycles. The maximum Gasteiger partial charge on any atom is 0.191 e. The first-order valence-electron chi connectivity index (χ1n) is 10.7. The lowest BCUT2D eigenvalue weighted by Gasteiger charge is -2.38. The molecule has 5 rings (SSSR count). The molecule has 0 aliphatic carbocycles. The van der Waals surface area contributed by atoms with Crippen LogP contribution in [-0.2, 0) is 16.2 Å². The first-order chi connectivity index (χ1) is 16.5. The van der Waals surface area contributed by atoms with E-state index < -0.39 is 37.3 Å². The summed E-state index contributed by atoms with van der Waals surface area (Å²) in [6.07, 6.45) is -0.0918. The molecule has 1 aliphatic rings. The Morgan fingerprint density at radius 2 is 1.82 bits per heavy atom. The molecule has 0 bridgehead atoms. The standard InChI is InChI=1S/C23H24N4O7/c28-11-18-20(29)21(30)22(23(31)32-18)34-33-17-3-1-2-16-19(17)27(13-25-16)10-14-4-6-15(7-5-14)26-9-8-24-12-26/h1-9,12-13,18,20-23,28-31H,10-11H2/t18-,20-,21+,22-,23?/m1/s1. The Kier molecular flexibility index (Phi) is 6.28. The summed E-state index contributed by atoms with van der Waals surface area (Å²) in [5, 5.41) is 39.6. The summed E-state index contributed by atoms with van der Waals surface area (Å²) in [6, 6.07) is 13.2. The van der Waals surface area contributed by atoms with Gasteiger partial charge in [-0.1, -0.05) is 18.2 Å². The van der Waals surface area contributed by atoms with E-state index in [1.807, 2.05) is 45.7 Å². The fourth-order valence-electron chi connectivity index (χ4n) is 3.95. The molecule has 1 aliphatic heterocycles. The fourth-order valence-corrected chi connectivity index (χ4v) is 3.95. The summed E-state index contributed by atoms with van der Waals surface area (Å²) in [6.45, 7) is -0.0551. The lowest BCUT2D eigenvalue weighted by molar-refractivity contribution is -0.364. The first kappa shape index (κ1) is 22.5. The molecule has 11 heteroatoms. The molecular formula is C23H24N4O7. The van der Waals surface area contributed by atoms with Crippen LogP contribution in [0.2, 0.25) is 0 Å². The highest BCUT2D eigenvalue weighted by Gasteiger charge is 2.45. The molecule has 4 N–H and O–H groups in total. The van der Waals surface area contributed by atoms with Crippen molar-refractivity contribution in [1.29, 1.82) is 0 Å². The Bertz CT molecular complexity index is 1230. The third kappa shape index (κ3) is 4.28. The summed E-state index contributed by atoms with van der Waals surface area (Å²) < 4.78 is 8.90. The predicted molar refractivity (Wildman–Crippen MR) is 118 cm³/mol. The Labute approximate surface area is 194 Å². The number of para-hydroxylation sites is 1. The van der Waals surface area contributed by atoms with Crippen molar-refractivity contribution in [3.8, 4) is 11.4 Å². The van der Waals surface area contributed by atoms with E-state index >= 15 is 0 Å². The normalized spacial score (nSPS) is 25.0. The zero-order valence-corrected chi connectivity index (χ0v) is 18.0. The second kappa shape index (κ2) is 9.50. The molecule has 2 aromatic carbocycles. The van der Waals surface area contributed by atoms with E-state index in [9.17, 15) is 20.4 Å². The van der Waals surface area contributed by atoms with Crippen LogP contribution >= 0.6 is 0 Å². The van der Waals surface area contributed by atoms with Gasteiger partial charge in [0.05, 0.1) is 24.8 Å². The molecule has 178 valence electrons. The van der Waals surface area contributed by atoms with Gasteiger partial charge in [0, 0.05) is 24.6 Å². The fraction of sp³-hybridized carbons (Fsp3) is 0.304. The molecule has 11 nitrogen and oxygen atoms in total. The highest BCUT2D eigenvalue weighted by Crippen LogP contribution is 2.28. The lowest BCUT2D eigenvalue weighted by Crippen LogP contribution is -2.59. The van der Waals surface area contributed by atoms with Crippen LogP contribution in [0.15, 0.2) is 67.5 Å².